The number of nitrogens with one attached hydrogen (secondary N) is 1. The lowest BCUT2D eigenvalue weighted by Gasteiger charge is -2.10. The molecule has 2 heterocycles. The molecule has 1 aromatic rings. The highest BCUT2D eigenvalue weighted by Gasteiger charge is 2.17. The molecule has 1 aromatic heterocycles. The van der Waals surface area contributed by atoms with Crippen LogP contribution >= 0.6 is 0 Å². The standard InChI is InChI=1S/C13H22N4O3/c1-19-6-4-12(14)13(18)16-10-7-15-17(8-10)9-11-3-2-5-20-11/h7-8,11-12H,2-6,9,14H2,1H3,(H,16,18). The predicted molar refractivity (Wildman–Crippen MR) is 74.3 cm³/mol. The molecule has 0 bridgehead atoms. The Morgan fingerprint density at radius 3 is 3.30 bits per heavy atom. The first kappa shape index (κ1) is 15.0. The molecule has 2 unspecified atom stereocenters. The fraction of sp³-hybridized carbons (Fsp3) is 0.692. The third-order valence-electron chi connectivity index (χ3n) is 3.29. The van der Waals surface area contributed by atoms with Gasteiger partial charge in [0.2, 0.25) is 5.91 Å². The molecule has 0 aliphatic carbocycles. The average molecular weight is 282 g/mol. The van der Waals surface area contributed by atoms with Gasteiger partial charge in [-0.2, -0.15) is 5.10 Å². The number of carbonyl (C=O) groups is 1. The molecule has 1 fully saturated rings. The van der Waals surface area contributed by atoms with Gasteiger partial charge in [0.1, 0.15) is 0 Å². The van der Waals surface area contributed by atoms with Gasteiger partial charge < -0.3 is 20.5 Å². The van der Waals surface area contributed by atoms with E-state index in [9.17, 15) is 4.79 Å². The molecule has 2 rings (SSSR count). The van der Waals surface area contributed by atoms with Gasteiger partial charge in [-0.25, -0.2) is 0 Å². The van der Waals surface area contributed by atoms with Gasteiger partial charge in [-0.3, -0.25) is 9.48 Å². The lowest BCUT2D eigenvalue weighted by Crippen LogP contribution is -2.36. The van der Waals surface area contributed by atoms with Crippen LogP contribution in [0.1, 0.15) is 19.3 Å². The molecule has 112 valence electrons. The zero-order chi connectivity index (χ0) is 14.4. The van der Waals surface area contributed by atoms with Gasteiger partial charge in [0.05, 0.1) is 30.6 Å². The van der Waals surface area contributed by atoms with Crippen molar-refractivity contribution in [1.29, 1.82) is 0 Å². The van der Waals surface area contributed by atoms with Crippen molar-refractivity contribution in [3.8, 4) is 0 Å². The van der Waals surface area contributed by atoms with E-state index in [1.165, 1.54) is 0 Å². The highest BCUT2D eigenvalue weighted by atomic mass is 16.5. The largest absolute Gasteiger partial charge is 0.385 e. The van der Waals surface area contributed by atoms with Crippen LogP contribution in [0.4, 0.5) is 5.69 Å². The van der Waals surface area contributed by atoms with E-state index in [0.717, 1.165) is 19.4 Å². The Kier molecular flexibility index (Phi) is 5.51. The van der Waals surface area contributed by atoms with Crippen molar-refractivity contribution in [1.82, 2.24) is 9.78 Å². The third kappa shape index (κ3) is 4.29. The summed E-state index contributed by atoms with van der Waals surface area (Å²) < 4.78 is 12.2. The zero-order valence-corrected chi connectivity index (χ0v) is 11.7. The van der Waals surface area contributed by atoms with Crippen LogP contribution in [0.15, 0.2) is 12.4 Å². The Hall–Kier alpha value is -1.44. The monoisotopic (exact) mass is 282 g/mol. The van der Waals surface area contributed by atoms with Crippen LogP contribution in [0.5, 0.6) is 0 Å². The number of carbonyl (C=O) groups excluding carboxylic acids is 1. The molecular formula is C13H22N4O3. The fourth-order valence-corrected chi connectivity index (χ4v) is 2.14. The lowest BCUT2D eigenvalue weighted by molar-refractivity contribution is -0.117. The first-order chi connectivity index (χ1) is 9.69. The second kappa shape index (κ2) is 7.37. The van der Waals surface area contributed by atoms with E-state index >= 15 is 0 Å². The van der Waals surface area contributed by atoms with Crippen LogP contribution < -0.4 is 11.1 Å². The highest BCUT2D eigenvalue weighted by Crippen LogP contribution is 2.15. The van der Waals surface area contributed by atoms with Gasteiger partial charge in [-0.05, 0) is 19.3 Å². The van der Waals surface area contributed by atoms with Crippen molar-refractivity contribution in [2.24, 2.45) is 5.73 Å². The molecule has 7 heteroatoms. The molecule has 1 aliphatic heterocycles. The summed E-state index contributed by atoms with van der Waals surface area (Å²) in [6, 6.07) is -0.573. The molecule has 2 atom stereocenters. The van der Waals surface area contributed by atoms with Crippen molar-refractivity contribution < 1.29 is 14.3 Å². The van der Waals surface area contributed by atoms with Crippen molar-refractivity contribution in [3.63, 3.8) is 0 Å². The Balaban J connectivity index is 1.80. The summed E-state index contributed by atoms with van der Waals surface area (Å²) in [5, 5.41) is 6.96. The van der Waals surface area contributed by atoms with Crippen molar-refractivity contribution >= 4 is 11.6 Å². The number of amides is 1. The molecule has 1 saturated heterocycles. The Morgan fingerprint density at radius 2 is 2.60 bits per heavy atom. The molecule has 0 aromatic carbocycles. The van der Waals surface area contributed by atoms with E-state index in [2.05, 4.69) is 10.4 Å². The van der Waals surface area contributed by atoms with Gasteiger partial charge in [0.15, 0.2) is 0 Å². The zero-order valence-electron chi connectivity index (χ0n) is 11.7. The minimum Gasteiger partial charge on any atom is -0.385 e. The van der Waals surface area contributed by atoms with Gasteiger partial charge in [-0.1, -0.05) is 0 Å². The minimum atomic E-state index is -0.573. The van der Waals surface area contributed by atoms with Crippen LogP contribution in [0.3, 0.4) is 0 Å². The first-order valence-corrected chi connectivity index (χ1v) is 6.88. The number of nitrogens with two attached hydrogens (primary N) is 1. The molecular weight excluding hydrogens is 260 g/mol. The predicted octanol–water partition coefficient (Wildman–Crippen LogP) is 0.364. The molecule has 0 saturated carbocycles. The molecule has 7 nitrogen and oxygen atoms in total. The lowest BCUT2D eigenvalue weighted by atomic mass is 10.2. The number of aromatic nitrogens is 2. The SMILES string of the molecule is COCCC(N)C(=O)Nc1cnn(CC2CCCO2)c1. The van der Waals surface area contributed by atoms with Crippen molar-refractivity contribution in [2.75, 3.05) is 25.6 Å². The maximum absolute atomic E-state index is 11.8. The van der Waals surface area contributed by atoms with Gasteiger partial charge >= 0.3 is 0 Å². The summed E-state index contributed by atoms with van der Waals surface area (Å²) in [4.78, 5) is 11.8. The van der Waals surface area contributed by atoms with Crippen LogP contribution in [-0.2, 0) is 20.8 Å². The van der Waals surface area contributed by atoms with Crippen molar-refractivity contribution in [2.45, 2.75) is 38.0 Å². The van der Waals surface area contributed by atoms with E-state index in [1.807, 2.05) is 0 Å². The normalized spacial score (nSPS) is 20.0. The Morgan fingerprint density at radius 1 is 1.75 bits per heavy atom. The topological polar surface area (TPSA) is 91.4 Å². The fourth-order valence-electron chi connectivity index (χ4n) is 2.14. The summed E-state index contributed by atoms with van der Waals surface area (Å²) in [6.45, 7) is 2.00. The van der Waals surface area contributed by atoms with Crippen molar-refractivity contribution in [3.05, 3.63) is 12.4 Å². The molecule has 1 amide bonds. The van der Waals surface area contributed by atoms with Gasteiger partial charge in [0.25, 0.3) is 0 Å². The van der Waals surface area contributed by atoms with E-state index < -0.39 is 6.04 Å². The number of nitrogens with zero attached hydrogens (tertiary/aromatic N) is 2. The summed E-state index contributed by atoms with van der Waals surface area (Å²) in [5.74, 6) is -0.223. The Bertz CT molecular complexity index is 429. The summed E-state index contributed by atoms with van der Waals surface area (Å²) in [7, 11) is 1.58. The number of rotatable bonds is 7. The smallest absolute Gasteiger partial charge is 0.241 e. The first-order valence-electron chi connectivity index (χ1n) is 6.88. The van der Waals surface area contributed by atoms with E-state index in [1.54, 1.807) is 24.2 Å². The van der Waals surface area contributed by atoms with Gasteiger partial charge in [-0.15, -0.1) is 0 Å². The molecule has 20 heavy (non-hydrogen) atoms. The minimum absolute atomic E-state index is 0.223. The van der Waals surface area contributed by atoms with Gasteiger partial charge in [0, 0.05) is 26.5 Å². The summed E-state index contributed by atoms with van der Waals surface area (Å²) >= 11 is 0. The van der Waals surface area contributed by atoms with E-state index in [0.29, 0.717) is 25.3 Å². The Labute approximate surface area is 118 Å². The number of methoxy groups -OCH3 is 1. The van der Waals surface area contributed by atoms with Crippen LogP contribution in [0, 0.1) is 0 Å². The number of ether oxygens (including phenoxy) is 2. The van der Waals surface area contributed by atoms with E-state index in [-0.39, 0.29) is 12.0 Å². The second-order valence-corrected chi connectivity index (χ2v) is 4.96. The van der Waals surface area contributed by atoms with Crippen LogP contribution in [0.25, 0.3) is 0 Å². The molecule has 0 radical (unpaired) electrons. The average Bonchev–Trinajstić information content (AvgIpc) is 3.08. The highest BCUT2D eigenvalue weighted by molar-refractivity contribution is 5.94. The molecule has 0 spiro atoms. The quantitative estimate of drug-likeness (QED) is 0.753. The van der Waals surface area contributed by atoms with E-state index in [4.69, 9.17) is 15.2 Å². The third-order valence-corrected chi connectivity index (χ3v) is 3.29. The molecule has 3 N–H and O–H groups in total. The number of hydrogen-bond acceptors (Lipinski definition) is 5. The maximum Gasteiger partial charge on any atom is 0.241 e. The molecule has 1 aliphatic rings. The van der Waals surface area contributed by atoms with Crippen LogP contribution in [-0.4, -0.2) is 48.2 Å². The number of anilines is 1. The maximum atomic E-state index is 11.8. The summed E-state index contributed by atoms with van der Waals surface area (Å²) in [5.41, 5.74) is 6.40. The summed E-state index contributed by atoms with van der Waals surface area (Å²) in [6.07, 6.45) is 6.29. The second-order valence-electron chi connectivity index (χ2n) is 4.96. The van der Waals surface area contributed by atoms with Crippen LogP contribution in [0.2, 0.25) is 0 Å². The number of hydrogen-bond donors (Lipinski definition) is 2.